The molecule has 0 N–H and O–H groups in total. The first-order valence-corrected chi connectivity index (χ1v) is 6.54. The minimum atomic E-state index is -0.293. The van der Waals surface area contributed by atoms with Crippen LogP contribution >= 0.6 is 15.9 Å². The second-order valence-corrected chi connectivity index (χ2v) is 4.94. The molecule has 0 saturated heterocycles. The standard InChI is InChI=1S/C15H12BrFO2/c1-10(18)11-6-7-15(13(16)8-11)19-9-12-4-2-3-5-14(12)17/h2-8H,9H2,1H3. The van der Waals surface area contributed by atoms with Gasteiger partial charge in [0.15, 0.2) is 5.78 Å². The van der Waals surface area contributed by atoms with Gasteiger partial charge in [0.05, 0.1) is 4.47 Å². The highest BCUT2D eigenvalue weighted by Crippen LogP contribution is 2.27. The van der Waals surface area contributed by atoms with Gasteiger partial charge in [-0.3, -0.25) is 4.79 Å². The van der Waals surface area contributed by atoms with Gasteiger partial charge in [0.1, 0.15) is 18.2 Å². The van der Waals surface area contributed by atoms with Crippen LogP contribution in [0.15, 0.2) is 46.9 Å². The van der Waals surface area contributed by atoms with E-state index in [9.17, 15) is 9.18 Å². The smallest absolute Gasteiger partial charge is 0.159 e. The van der Waals surface area contributed by atoms with Gasteiger partial charge in [-0.05, 0) is 47.1 Å². The van der Waals surface area contributed by atoms with Gasteiger partial charge in [0.2, 0.25) is 0 Å². The fourth-order valence-corrected chi connectivity index (χ4v) is 2.10. The number of ether oxygens (including phenoxy) is 1. The Kier molecular flexibility index (Phi) is 4.32. The van der Waals surface area contributed by atoms with Crippen molar-refractivity contribution >= 4 is 21.7 Å². The fourth-order valence-electron chi connectivity index (χ4n) is 1.61. The molecule has 2 nitrogen and oxygen atoms in total. The minimum Gasteiger partial charge on any atom is -0.488 e. The van der Waals surface area contributed by atoms with Gasteiger partial charge in [-0.1, -0.05) is 18.2 Å². The van der Waals surface area contributed by atoms with Crippen LogP contribution in [0.2, 0.25) is 0 Å². The van der Waals surface area contributed by atoms with Gasteiger partial charge >= 0.3 is 0 Å². The lowest BCUT2D eigenvalue weighted by Crippen LogP contribution is -1.99. The first kappa shape index (κ1) is 13.7. The van der Waals surface area contributed by atoms with Crippen molar-refractivity contribution < 1.29 is 13.9 Å². The molecule has 4 heteroatoms. The van der Waals surface area contributed by atoms with Crippen molar-refractivity contribution in [3.8, 4) is 5.75 Å². The molecule has 0 radical (unpaired) electrons. The predicted octanol–water partition coefficient (Wildman–Crippen LogP) is 4.37. The molecule has 2 aromatic rings. The van der Waals surface area contributed by atoms with Crippen molar-refractivity contribution in [2.24, 2.45) is 0 Å². The number of hydrogen-bond acceptors (Lipinski definition) is 2. The highest BCUT2D eigenvalue weighted by molar-refractivity contribution is 9.10. The lowest BCUT2D eigenvalue weighted by Gasteiger charge is -2.09. The second kappa shape index (κ2) is 5.97. The zero-order valence-corrected chi connectivity index (χ0v) is 11.9. The molecular weight excluding hydrogens is 311 g/mol. The molecule has 0 spiro atoms. The number of carbonyl (C=O) groups is 1. The Hall–Kier alpha value is -1.68. The van der Waals surface area contributed by atoms with Crippen LogP contribution in [0.3, 0.4) is 0 Å². The minimum absolute atomic E-state index is 0.0126. The van der Waals surface area contributed by atoms with E-state index in [-0.39, 0.29) is 18.2 Å². The first-order chi connectivity index (χ1) is 9.08. The molecule has 0 fully saturated rings. The summed E-state index contributed by atoms with van der Waals surface area (Å²) in [5.74, 6) is 0.272. The van der Waals surface area contributed by atoms with Gasteiger partial charge in [-0.15, -0.1) is 0 Å². The molecule has 0 saturated carbocycles. The third kappa shape index (κ3) is 3.41. The molecule has 0 unspecified atom stereocenters. The van der Waals surface area contributed by atoms with E-state index in [0.29, 0.717) is 21.3 Å². The summed E-state index contributed by atoms with van der Waals surface area (Å²) in [5, 5.41) is 0. The highest BCUT2D eigenvalue weighted by Gasteiger charge is 2.07. The van der Waals surface area contributed by atoms with Crippen LogP contribution in [0.1, 0.15) is 22.8 Å². The summed E-state index contributed by atoms with van der Waals surface area (Å²) in [5.41, 5.74) is 1.09. The number of benzene rings is 2. The molecule has 2 aromatic carbocycles. The van der Waals surface area contributed by atoms with Crippen molar-refractivity contribution in [3.05, 3.63) is 63.9 Å². The Morgan fingerprint density at radius 1 is 1.26 bits per heavy atom. The summed E-state index contributed by atoms with van der Waals surface area (Å²) in [7, 11) is 0. The molecule has 98 valence electrons. The summed E-state index contributed by atoms with van der Waals surface area (Å²) in [6, 6.07) is 11.5. The maximum atomic E-state index is 13.4. The topological polar surface area (TPSA) is 26.3 Å². The van der Waals surface area contributed by atoms with E-state index in [4.69, 9.17) is 4.74 Å². The Bertz CT molecular complexity index is 611. The summed E-state index contributed by atoms with van der Waals surface area (Å²) >= 11 is 3.34. The van der Waals surface area contributed by atoms with Gasteiger partial charge < -0.3 is 4.74 Å². The number of hydrogen-bond donors (Lipinski definition) is 0. The quantitative estimate of drug-likeness (QED) is 0.781. The van der Waals surface area contributed by atoms with E-state index in [2.05, 4.69) is 15.9 Å². The Morgan fingerprint density at radius 3 is 2.63 bits per heavy atom. The van der Waals surface area contributed by atoms with Crippen LogP contribution in [0.25, 0.3) is 0 Å². The Balaban J connectivity index is 2.12. The molecule has 2 rings (SSSR count). The van der Waals surface area contributed by atoms with E-state index < -0.39 is 0 Å². The molecule has 19 heavy (non-hydrogen) atoms. The number of rotatable bonds is 4. The molecule has 0 bridgehead atoms. The highest BCUT2D eigenvalue weighted by atomic mass is 79.9. The number of halogens is 2. The average Bonchev–Trinajstić information content (AvgIpc) is 2.39. The Morgan fingerprint density at radius 2 is 2.00 bits per heavy atom. The van der Waals surface area contributed by atoms with Crippen molar-refractivity contribution in [3.63, 3.8) is 0 Å². The SMILES string of the molecule is CC(=O)c1ccc(OCc2ccccc2F)c(Br)c1. The van der Waals surface area contributed by atoms with Crippen LogP contribution in [-0.4, -0.2) is 5.78 Å². The van der Waals surface area contributed by atoms with Crippen LogP contribution < -0.4 is 4.74 Å². The summed E-state index contributed by atoms with van der Waals surface area (Å²) in [6.45, 7) is 1.65. The van der Waals surface area contributed by atoms with E-state index in [0.717, 1.165) is 0 Å². The summed E-state index contributed by atoms with van der Waals surface area (Å²) in [6.07, 6.45) is 0. The molecule has 0 aromatic heterocycles. The van der Waals surface area contributed by atoms with Gasteiger partial charge in [0.25, 0.3) is 0 Å². The van der Waals surface area contributed by atoms with E-state index in [1.807, 2.05) is 0 Å². The van der Waals surface area contributed by atoms with Crippen LogP contribution in [0.5, 0.6) is 5.75 Å². The molecule has 0 aliphatic heterocycles. The lowest BCUT2D eigenvalue weighted by molar-refractivity contribution is 0.101. The molecule has 0 heterocycles. The average molecular weight is 323 g/mol. The third-order valence-corrected chi connectivity index (χ3v) is 3.30. The Labute approximate surface area is 119 Å². The predicted molar refractivity (Wildman–Crippen MR) is 74.9 cm³/mol. The van der Waals surface area contributed by atoms with Crippen molar-refractivity contribution in [1.29, 1.82) is 0 Å². The van der Waals surface area contributed by atoms with Crippen LogP contribution in [0, 0.1) is 5.82 Å². The first-order valence-electron chi connectivity index (χ1n) is 5.74. The van der Waals surface area contributed by atoms with Crippen LogP contribution in [0.4, 0.5) is 4.39 Å². The monoisotopic (exact) mass is 322 g/mol. The van der Waals surface area contributed by atoms with Gasteiger partial charge in [-0.2, -0.15) is 0 Å². The third-order valence-electron chi connectivity index (χ3n) is 2.68. The maximum absolute atomic E-state index is 13.4. The van der Waals surface area contributed by atoms with Gasteiger partial charge in [-0.25, -0.2) is 4.39 Å². The maximum Gasteiger partial charge on any atom is 0.159 e. The normalized spacial score (nSPS) is 10.3. The largest absolute Gasteiger partial charge is 0.488 e. The van der Waals surface area contributed by atoms with Crippen LogP contribution in [-0.2, 0) is 6.61 Å². The summed E-state index contributed by atoms with van der Waals surface area (Å²) in [4.78, 5) is 11.2. The number of carbonyl (C=O) groups excluding carboxylic acids is 1. The molecular formula is C15H12BrFO2. The fraction of sp³-hybridized carbons (Fsp3) is 0.133. The molecule has 0 aliphatic carbocycles. The zero-order valence-electron chi connectivity index (χ0n) is 10.3. The number of ketones is 1. The number of Topliss-reactive ketones (excluding diaryl/α,β-unsaturated/α-hetero) is 1. The van der Waals surface area contributed by atoms with E-state index >= 15 is 0 Å². The molecule has 0 amide bonds. The van der Waals surface area contributed by atoms with Crippen molar-refractivity contribution in [2.45, 2.75) is 13.5 Å². The summed E-state index contributed by atoms with van der Waals surface area (Å²) < 4.78 is 19.6. The van der Waals surface area contributed by atoms with E-state index in [1.165, 1.54) is 13.0 Å². The van der Waals surface area contributed by atoms with Crippen molar-refractivity contribution in [2.75, 3.05) is 0 Å². The zero-order chi connectivity index (χ0) is 13.8. The van der Waals surface area contributed by atoms with Gasteiger partial charge in [0, 0.05) is 11.1 Å². The van der Waals surface area contributed by atoms with E-state index in [1.54, 1.807) is 36.4 Å². The molecule has 0 atom stereocenters. The lowest BCUT2D eigenvalue weighted by atomic mass is 10.1. The second-order valence-electron chi connectivity index (χ2n) is 4.08. The van der Waals surface area contributed by atoms with Crippen molar-refractivity contribution in [1.82, 2.24) is 0 Å². The molecule has 0 aliphatic rings.